The Balaban J connectivity index is 1.83. The van der Waals surface area contributed by atoms with Gasteiger partial charge in [0, 0.05) is 13.2 Å². The second-order valence-electron chi connectivity index (χ2n) is 6.10. The fourth-order valence-electron chi connectivity index (χ4n) is 2.63. The summed E-state index contributed by atoms with van der Waals surface area (Å²) in [6.45, 7) is -0.0881. The number of aromatic nitrogens is 5. The number of carbonyl (C=O) groups excluding carboxylic acids is 1. The number of halogens is 4. The molecule has 0 bridgehead atoms. The molecule has 3 aromatic heterocycles. The van der Waals surface area contributed by atoms with Crippen LogP contribution in [0.25, 0.3) is 22.4 Å². The molecular formula is C16H16F4N7O+. The van der Waals surface area contributed by atoms with Crippen molar-refractivity contribution in [3.8, 4) is 11.4 Å². The highest BCUT2D eigenvalue weighted by molar-refractivity contribution is 5.90. The lowest BCUT2D eigenvalue weighted by molar-refractivity contribution is -0.380. The van der Waals surface area contributed by atoms with Gasteiger partial charge >= 0.3 is 6.18 Å². The summed E-state index contributed by atoms with van der Waals surface area (Å²) in [7, 11) is 1.02. The van der Waals surface area contributed by atoms with Gasteiger partial charge in [-0.3, -0.25) is 4.79 Å². The summed E-state index contributed by atoms with van der Waals surface area (Å²) < 4.78 is 51.5. The second kappa shape index (κ2) is 7.37. The summed E-state index contributed by atoms with van der Waals surface area (Å²) in [6, 6.07) is -1.14. The zero-order chi connectivity index (χ0) is 20.5. The molecule has 0 saturated heterocycles. The standard InChI is InChI=1S/C16H15F4N7O/c1-8(15(28)27(2)6-16(18,19)20)25-14-11(17)5-23-13(26-14)10-4-22-12-9(10)3-21-7-24-12/h3-5,7-8H,6H2,1-2H3,(H,21,22,24)(H,23,25,26)/p+1/t8-/m1/s1. The number of likely N-dealkylation sites (N-methyl/N-ethyl adjacent to an activating group) is 1. The van der Waals surface area contributed by atoms with Gasteiger partial charge in [0.2, 0.25) is 5.91 Å². The predicted molar refractivity (Wildman–Crippen MR) is 90.4 cm³/mol. The van der Waals surface area contributed by atoms with Crippen LogP contribution in [0.5, 0.6) is 0 Å². The van der Waals surface area contributed by atoms with Crippen LogP contribution in [0.4, 0.5) is 23.4 Å². The molecule has 3 rings (SSSR count). The molecule has 0 aliphatic rings. The van der Waals surface area contributed by atoms with Crippen molar-refractivity contribution in [3.63, 3.8) is 0 Å². The maximum absolute atomic E-state index is 14.1. The number of nitrogens with zero attached hydrogens (tertiary/aromatic N) is 4. The molecule has 12 heteroatoms. The van der Waals surface area contributed by atoms with E-state index in [1.807, 2.05) is 0 Å². The van der Waals surface area contributed by atoms with E-state index in [0.717, 1.165) is 13.2 Å². The molecule has 0 aliphatic carbocycles. The van der Waals surface area contributed by atoms with Crippen molar-refractivity contribution in [1.29, 1.82) is 0 Å². The van der Waals surface area contributed by atoms with Crippen LogP contribution < -0.4 is 10.3 Å². The van der Waals surface area contributed by atoms with Gasteiger partial charge in [0.05, 0.1) is 17.1 Å². The Hall–Kier alpha value is -3.31. The Morgan fingerprint density at radius 2 is 2.14 bits per heavy atom. The molecule has 3 heterocycles. The lowest BCUT2D eigenvalue weighted by Gasteiger charge is -2.23. The molecule has 0 aromatic carbocycles. The number of nitrogens with one attached hydrogen (secondary N) is 3. The molecule has 0 aliphatic heterocycles. The Morgan fingerprint density at radius 3 is 2.86 bits per heavy atom. The third-order valence-electron chi connectivity index (χ3n) is 3.90. The van der Waals surface area contributed by atoms with Crippen LogP contribution in [0, 0.1) is 5.82 Å². The van der Waals surface area contributed by atoms with Crippen molar-refractivity contribution in [2.75, 3.05) is 18.9 Å². The van der Waals surface area contributed by atoms with E-state index in [1.54, 1.807) is 12.4 Å². The highest BCUT2D eigenvalue weighted by Gasteiger charge is 2.32. The summed E-state index contributed by atoms with van der Waals surface area (Å²) in [5.41, 5.74) is 1.10. The second-order valence-corrected chi connectivity index (χ2v) is 6.10. The molecule has 28 heavy (non-hydrogen) atoms. The first-order valence-corrected chi connectivity index (χ1v) is 8.10. The monoisotopic (exact) mass is 398 g/mol. The molecular weight excluding hydrogens is 382 g/mol. The average Bonchev–Trinajstić information content (AvgIpc) is 3.05. The molecule has 8 nitrogen and oxygen atoms in total. The van der Waals surface area contributed by atoms with Crippen LogP contribution in [0.2, 0.25) is 0 Å². The molecule has 3 aromatic rings. The summed E-state index contributed by atoms with van der Waals surface area (Å²) in [5.74, 6) is -1.84. The van der Waals surface area contributed by atoms with Crippen molar-refractivity contribution in [1.82, 2.24) is 24.8 Å². The van der Waals surface area contributed by atoms with Crippen molar-refractivity contribution in [2.24, 2.45) is 0 Å². The van der Waals surface area contributed by atoms with E-state index in [0.29, 0.717) is 21.5 Å². The van der Waals surface area contributed by atoms with E-state index in [9.17, 15) is 22.4 Å². The number of H-pyrrole nitrogens is 2. The third-order valence-corrected chi connectivity index (χ3v) is 3.90. The summed E-state index contributed by atoms with van der Waals surface area (Å²) >= 11 is 0. The fraction of sp³-hybridized carbons (Fsp3) is 0.312. The van der Waals surface area contributed by atoms with Crippen molar-refractivity contribution in [2.45, 2.75) is 19.1 Å². The summed E-state index contributed by atoms with van der Waals surface area (Å²) in [5, 5.41) is 3.17. The Morgan fingerprint density at radius 1 is 1.39 bits per heavy atom. The smallest absolute Gasteiger partial charge is 0.356 e. The van der Waals surface area contributed by atoms with Crippen molar-refractivity contribution >= 4 is 22.8 Å². The van der Waals surface area contributed by atoms with Gasteiger partial charge in [0.1, 0.15) is 18.8 Å². The number of hydrogen-bond acceptors (Lipinski definition) is 5. The highest BCUT2D eigenvalue weighted by atomic mass is 19.4. The lowest BCUT2D eigenvalue weighted by atomic mass is 10.2. The minimum Gasteiger partial charge on any atom is -0.356 e. The number of amides is 1. The molecule has 0 saturated carbocycles. The Labute approximate surface area is 156 Å². The van der Waals surface area contributed by atoms with E-state index < -0.39 is 30.5 Å². The van der Waals surface area contributed by atoms with Crippen LogP contribution in [0.3, 0.4) is 0 Å². The van der Waals surface area contributed by atoms with Crippen LogP contribution in [0.1, 0.15) is 6.92 Å². The zero-order valence-electron chi connectivity index (χ0n) is 14.8. The van der Waals surface area contributed by atoms with E-state index in [1.165, 1.54) is 13.3 Å². The first-order valence-electron chi connectivity index (χ1n) is 8.10. The normalized spacial score (nSPS) is 12.8. The minimum atomic E-state index is -4.53. The Kier molecular flexibility index (Phi) is 5.12. The molecule has 1 atom stereocenters. The lowest BCUT2D eigenvalue weighted by Crippen LogP contribution is -2.43. The third kappa shape index (κ3) is 4.15. The molecule has 148 valence electrons. The predicted octanol–water partition coefficient (Wildman–Crippen LogP) is 1.79. The molecule has 0 radical (unpaired) electrons. The first-order chi connectivity index (χ1) is 13.2. The maximum Gasteiger partial charge on any atom is 0.406 e. The van der Waals surface area contributed by atoms with Gasteiger partial charge < -0.3 is 15.2 Å². The SMILES string of the molecule is C[C@@H](Nc1nc(-c2c[nH]c3nc[nH+]cc23)ncc1F)C(=O)N(C)CC(F)(F)F. The molecule has 0 spiro atoms. The first kappa shape index (κ1) is 19.5. The highest BCUT2D eigenvalue weighted by Crippen LogP contribution is 2.25. The van der Waals surface area contributed by atoms with Crippen molar-refractivity contribution < 1.29 is 27.3 Å². The molecule has 0 unspecified atom stereocenters. The number of carbonyl (C=O) groups is 1. The van der Waals surface area contributed by atoms with Gasteiger partial charge in [0.25, 0.3) is 12.0 Å². The Bertz CT molecular complexity index is 1000. The van der Waals surface area contributed by atoms with Gasteiger partial charge in [-0.25, -0.2) is 19.3 Å². The molecule has 0 fully saturated rings. The van der Waals surface area contributed by atoms with Crippen LogP contribution in [0.15, 0.2) is 24.9 Å². The maximum atomic E-state index is 14.1. The fourth-order valence-corrected chi connectivity index (χ4v) is 2.63. The van der Waals surface area contributed by atoms with Gasteiger partial charge in [0.15, 0.2) is 17.5 Å². The number of rotatable bonds is 5. The van der Waals surface area contributed by atoms with Gasteiger partial charge in [-0.1, -0.05) is 0 Å². The van der Waals surface area contributed by atoms with Gasteiger partial charge in [-0.2, -0.15) is 13.2 Å². The van der Waals surface area contributed by atoms with Crippen LogP contribution in [-0.4, -0.2) is 56.6 Å². The zero-order valence-corrected chi connectivity index (χ0v) is 14.8. The molecule has 1 amide bonds. The number of anilines is 1. The number of fused-ring (bicyclic) bond motifs is 1. The van der Waals surface area contributed by atoms with Crippen molar-refractivity contribution in [3.05, 3.63) is 30.7 Å². The number of alkyl halides is 3. The molecule has 3 N–H and O–H groups in total. The van der Waals surface area contributed by atoms with E-state index in [2.05, 4.69) is 30.2 Å². The van der Waals surface area contributed by atoms with E-state index in [4.69, 9.17) is 0 Å². The number of aromatic amines is 2. The summed E-state index contributed by atoms with van der Waals surface area (Å²) in [6.07, 6.45) is 1.12. The van der Waals surface area contributed by atoms with Gasteiger partial charge in [-0.15, -0.1) is 0 Å². The number of hydrogen-bond donors (Lipinski definition) is 2. The average molecular weight is 398 g/mol. The topological polar surface area (TPSA) is 101 Å². The summed E-state index contributed by atoms with van der Waals surface area (Å²) in [4.78, 5) is 30.5. The van der Waals surface area contributed by atoms with E-state index in [-0.39, 0.29) is 11.6 Å². The minimum absolute atomic E-state index is 0.153. The van der Waals surface area contributed by atoms with Crippen LogP contribution in [-0.2, 0) is 4.79 Å². The van der Waals surface area contributed by atoms with Crippen LogP contribution >= 0.6 is 0 Å². The quantitative estimate of drug-likeness (QED) is 0.639. The largest absolute Gasteiger partial charge is 0.406 e. The van der Waals surface area contributed by atoms with E-state index >= 15 is 0 Å². The van der Waals surface area contributed by atoms with Gasteiger partial charge in [-0.05, 0) is 11.9 Å².